The van der Waals surface area contributed by atoms with Crippen molar-refractivity contribution < 1.29 is 47.7 Å². The smallest absolute Gasteiger partial charge is 0.342 e. The number of amides is 1. The fourth-order valence-electron chi connectivity index (χ4n) is 3.05. The Labute approximate surface area is 183 Å². The maximum atomic E-state index is 12.6. The van der Waals surface area contributed by atoms with E-state index in [0.717, 1.165) is 20.8 Å². The van der Waals surface area contributed by atoms with Crippen molar-refractivity contribution in [3.63, 3.8) is 0 Å². The molecule has 1 amide bonds. The summed E-state index contributed by atoms with van der Waals surface area (Å²) in [6, 6.07) is 1.73. The van der Waals surface area contributed by atoms with Crippen molar-refractivity contribution in [3.8, 4) is 0 Å². The van der Waals surface area contributed by atoms with Gasteiger partial charge in [0.25, 0.3) is 0 Å². The molecule has 1 N–H and O–H groups in total. The molecule has 1 aromatic rings. The van der Waals surface area contributed by atoms with Crippen molar-refractivity contribution in [1.29, 1.82) is 0 Å². The number of nitrogens with zero attached hydrogens (tertiary/aromatic N) is 1. The van der Waals surface area contributed by atoms with Gasteiger partial charge in [0.1, 0.15) is 18.8 Å². The molecule has 0 bridgehead atoms. The van der Waals surface area contributed by atoms with Crippen LogP contribution in [0, 0.1) is 0 Å². The summed E-state index contributed by atoms with van der Waals surface area (Å²) < 4.78 is 26.7. The molecule has 0 saturated carbocycles. The van der Waals surface area contributed by atoms with Crippen LogP contribution in [0.3, 0.4) is 0 Å². The molecule has 1 saturated heterocycles. The van der Waals surface area contributed by atoms with Gasteiger partial charge < -0.3 is 29.0 Å². The molecular formula is C20H24N2O10. The number of ether oxygens (including phenoxy) is 5. The fourth-order valence-corrected chi connectivity index (χ4v) is 3.05. The van der Waals surface area contributed by atoms with Gasteiger partial charge in [0.05, 0.1) is 5.56 Å². The average Bonchev–Trinajstić information content (AvgIpc) is 2.70. The van der Waals surface area contributed by atoms with Crippen LogP contribution in [0.1, 0.15) is 38.1 Å². The molecule has 1 aliphatic rings. The Morgan fingerprint density at radius 1 is 0.969 bits per heavy atom. The van der Waals surface area contributed by atoms with Gasteiger partial charge in [0.15, 0.2) is 12.2 Å². The molecule has 5 atom stereocenters. The molecule has 0 aromatic carbocycles. The third-order valence-corrected chi connectivity index (χ3v) is 4.19. The Balaban J connectivity index is 2.42. The summed E-state index contributed by atoms with van der Waals surface area (Å²) in [5.74, 6) is -3.54. The van der Waals surface area contributed by atoms with Crippen LogP contribution < -0.4 is 5.32 Å². The minimum Gasteiger partial charge on any atom is -0.463 e. The van der Waals surface area contributed by atoms with E-state index < -0.39 is 67.0 Å². The van der Waals surface area contributed by atoms with Crippen molar-refractivity contribution in [2.24, 2.45) is 0 Å². The second kappa shape index (κ2) is 11.2. The lowest BCUT2D eigenvalue weighted by Crippen LogP contribution is -2.66. The van der Waals surface area contributed by atoms with Gasteiger partial charge in [0.2, 0.25) is 12.2 Å². The lowest BCUT2D eigenvalue weighted by molar-refractivity contribution is -0.263. The summed E-state index contributed by atoms with van der Waals surface area (Å²) >= 11 is 0. The van der Waals surface area contributed by atoms with Crippen LogP contribution in [0.25, 0.3) is 0 Å². The van der Waals surface area contributed by atoms with Gasteiger partial charge in [-0.3, -0.25) is 24.2 Å². The first-order chi connectivity index (χ1) is 15.1. The molecular weight excluding hydrogens is 428 g/mol. The van der Waals surface area contributed by atoms with Gasteiger partial charge in [-0.1, -0.05) is 0 Å². The first kappa shape index (κ1) is 24.7. The summed E-state index contributed by atoms with van der Waals surface area (Å²) in [5.41, 5.74) is 0.0976. The van der Waals surface area contributed by atoms with Crippen LogP contribution in [-0.4, -0.2) is 72.0 Å². The molecule has 0 unspecified atom stereocenters. The Kier molecular flexibility index (Phi) is 8.64. The number of esters is 4. The number of rotatable bonds is 7. The van der Waals surface area contributed by atoms with Crippen LogP contribution in [0.15, 0.2) is 24.5 Å². The zero-order chi connectivity index (χ0) is 23.8. The molecule has 0 aliphatic carbocycles. The van der Waals surface area contributed by atoms with E-state index >= 15 is 0 Å². The minimum atomic E-state index is -1.48. The number of carbonyl (C=O) groups excluding carboxylic acids is 5. The van der Waals surface area contributed by atoms with Gasteiger partial charge in [-0.25, -0.2) is 4.79 Å². The number of aromatic nitrogens is 1. The van der Waals surface area contributed by atoms with Gasteiger partial charge in [-0.2, -0.15) is 0 Å². The van der Waals surface area contributed by atoms with E-state index in [1.807, 2.05) is 0 Å². The van der Waals surface area contributed by atoms with Crippen LogP contribution >= 0.6 is 0 Å². The van der Waals surface area contributed by atoms with E-state index in [1.165, 1.54) is 31.5 Å². The first-order valence-electron chi connectivity index (χ1n) is 9.59. The molecule has 0 radical (unpaired) electrons. The molecule has 1 fully saturated rings. The molecule has 1 aromatic heterocycles. The summed E-state index contributed by atoms with van der Waals surface area (Å²) in [7, 11) is 0. The second-order valence-electron chi connectivity index (χ2n) is 6.87. The minimum absolute atomic E-state index is 0.0976. The number of hydrogen-bond donors (Lipinski definition) is 1. The molecule has 12 heteroatoms. The van der Waals surface area contributed by atoms with Crippen molar-refractivity contribution in [1.82, 2.24) is 10.3 Å². The van der Waals surface area contributed by atoms with E-state index in [9.17, 15) is 24.0 Å². The molecule has 2 rings (SSSR count). The van der Waals surface area contributed by atoms with Crippen LogP contribution in [0.2, 0.25) is 0 Å². The number of pyridine rings is 1. The highest BCUT2D eigenvalue weighted by Gasteiger charge is 2.52. The zero-order valence-corrected chi connectivity index (χ0v) is 17.9. The predicted molar refractivity (Wildman–Crippen MR) is 104 cm³/mol. The van der Waals surface area contributed by atoms with Crippen LogP contribution in [-0.2, 0) is 42.9 Å². The summed E-state index contributed by atoms with van der Waals surface area (Å²) in [6.45, 7) is 4.18. The van der Waals surface area contributed by atoms with Crippen molar-refractivity contribution >= 4 is 29.8 Å². The molecule has 0 spiro atoms. The highest BCUT2D eigenvalue weighted by atomic mass is 16.7. The Bertz CT molecular complexity index is 859. The highest BCUT2D eigenvalue weighted by Crippen LogP contribution is 2.28. The predicted octanol–water partition coefficient (Wildman–Crippen LogP) is -0.105. The second-order valence-corrected chi connectivity index (χ2v) is 6.87. The number of hydrogen-bond acceptors (Lipinski definition) is 11. The number of nitrogens with one attached hydrogen (secondary N) is 1. The normalized spacial score (nSPS) is 24.6. The Morgan fingerprint density at radius 2 is 1.62 bits per heavy atom. The third-order valence-electron chi connectivity index (χ3n) is 4.19. The largest absolute Gasteiger partial charge is 0.463 e. The zero-order valence-electron chi connectivity index (χ0n) is 17.9. The first-order valence-corrected chi connectivity index (χ1v) is 9.59. The monoisotopic (exact) mass is 452 g/mol. The van der Waals surface area contributed by atoms with E-state index in [2.05, 4.69) is 10.3 Å². The molecule has 174 valence electrons. The van der Waals surface area contributed by atoms with E-state index in [-0.39, 0.29) is 5.56 Å². The van der Waals surface area contributed by atoms with Crippen molar-refractivity contribution in [2.45, 2.75) is 58.3 Å². The topological polar surface area (TPSA) is 156 Å². The van der Waals surface area contributed by atoms with Gasteiger partial charge in [-0.15, -0.1) is 0 Å². The summed E-state index contributed by atoms with van der Waals surface area (Å²) in [5, 5.41) is 2.50. The maximum absolute atomic E-state index is 12.6. The fraction of sp³-hybridized carbons (Fsp3) is 0.500. The quantitative estimate of drug-likeness (QED) is 0.435. The van der Waals surface area contributed by atoms with E-state index in [1.54, 1.807) is 0 Å². The van der Waals surface area contributed by atoms with Gasteiger partial charge in [0, 0.05) is 40.1 Å². The average molecular weight is 452 g/mol. The van der Waals surface area contributed by atoms with Gasteiger partial charge >= 0.3 is 23.9 Å². The van der Waals surface area contributed by atoms with Crippen molar-refractivity contribution in [3.05, 3.63) is 30.1 Å². The Morgan fingerprint density at radius 3 is 2.16 bits per heavy atom. The molecule has 32 heavy (non-hydrogen) atoms. The summed E-state index contributed by atoms with van der Waals surface area (Å²) in [4.78, 5) is 63.0. The molecule has 12 nitrogen and oxygen atoms in total. The third kappa shape index (κ3) is 7.01. The van der Waals surface area contributed by atoms with Crippen molar-refractivity contribution in [2.75, 3.05) is 6.61 Å². The Hall–Kier alpha value is -3.54. The molecule has 1 aliphatic heterocycles. The summed E-state index contributed by atoms with van der Waals surface area (Å²) in [6.07, 6.45) is -2.53. The lowest BCUT2D eigenvalue weighted by Gasteiger charge is -2.44. The standard InChI is InChI=1S/C20H24N2O10/c1-10(23)22-16-18(30-13(4)26)17(29-12(3)25)15(9-28-11(2)24)31-20(16)32-19(27)14-6-5-7-21-8-14/h5-8,15-18,20H,9H2,1-4H3,(H,22,23)/t15-,16+,17+,18+,20+/m0/s1. The maximum Gasteiger partial charge on any atom is 0.342 e. The van der Waals surface area contributed by atoms with E-state index in [4.69, 9.17) is 23.7 Å². The van der Waals surface area contributed by atoms with Crippen LogP contribution in [0.4, 0.5) is 0 Å². The van der Waals surface area contributed by atoms with Crippen LogP contribution in [0.5, 0.6) is 0 Å². The SMILES string of the molecule is CC(=O)N[C@H]1[C@@H](OC(=O)c2cccnc2)O[C@@H](COC(C)=O)[C@@H](OC(C)=O)[C@@H]1OC(C)=O. The molecule has 2 heterocycles. The lowest BCUT2D eigenvalue weighted by atomic mass is 9.96. The number of carbonyl (C=O) groups is 5. The van der Waals surface area contributed by atoms with E-state index in [0.29, 0.717) is 0 Å². The highest BCUT2D eigenvalue weighted by molar-refractivity contribution is 5.89. The van der Waals surface area contributed by atoms with Gasteiger partial charge in [-0.05, 0) is 12.1 Å².